The molecule has 1 aliphatic heterocycles. The smallest absolute Gasteiger partial charge is 0.275 e. The van der Waals surface area contributed by atoms with E-state index in [1.807, 2.05) is 23.1 Å². The molecule has 0 saturated heterocycles. The van der Waals surface area contributed by atoms with Crippen LogP contribution in [0, 0.1) is 0 Å². The highest BCUT2D eigenvalue weighted by atomic mass is 16.2. The summed E-state index contributed by atoms with van der Waals surface area (Å²) < 4.78 is 0. The first-order valence-corrected chi connectivity index (χ1v) is 6.97. The third kappa shape index (κ3) is 1.98. The number of carbonyl (C=O) groups is 1. The molecule has 0 saturated carbocycles. The van der Waals surface area contributed by atoms with Crippen molar-refractivity contribution < 1.29 is 4.79 Å². The van der Waals surface area contributed by atoms with Gasteiger partial charge in [-0.1, -0.05) is 24.3 Å². The zero-order valence-corrected chi connectivity index (χ0v) is 11.4. The van der Waals surface area contributed by atoms with Crippen LogP contribution in [-0.2, 0) is 13.0 Å². The first kappa shape index (κ1) is 12.1. The van der Waals surface area contributed by atoms with E-state index in [9.17, 15) is 4.79 Å². The van der Waals surface area contributed by atoms with Crippen molar-refractivity contribution in [3.8, 4) is 0 Å². The second kappa shape index (κ2) is 4.70. The summed E-state index contributed by atoms with van der Waals surface area (Å²) in [4.78, 5) is 18.6. The molecule has 0 atom stereocenters. The Labute approximate surface area is 121 Å². The molecule has 0 unspecified atom stereocenters. The zero-order chi connectivity index (χ0) is 14.2. The number of benzene rings is 1. The van der Waals surface area contributed by atoms with Gasteiger partial charge in [-0.15, -0.1) is 0 Å². The van der Waals surface area contributed by atoms with Crippen LogP contribution >= 0.6 is 0 Å². The highest BCUT2D eigenvalue weighted by molar-refractivity contribution is 6.04. The van der Waals surface area contributed by atoms with Gasteiger partial charge in [0.15, 0.2) is 5.69 Å². The summed E-state index contributed by atoms with van der Waals surface area (Å²) in [6, 6.07) is 10.1. The van der Waals surface area contributed by atoms with Crippen molar-refractivity contribution >= 4 is 16.8 Å². The Bertz CT molecular complexity index is 824. The normalized spacial score (nSPS) is 14.2. The summed E-state index contributed by atoms with van der Waals surface area (Å²) in [5.74, 6) is -0.0382. The average molecular weight is 278 g/mol. The number of hydrogen-bond donors (Lipinski definition) is 1. The minimum Gasteiger partial charge on any atom is -0.333 e. The number of amides is 1. The Balaban J connectivity index is 1.67. The van der Waals surface area contributed by atoms with Crippen LogP contribution in [0.4, 0.5) is 0 Å². The summed E-state index contributed by atoms with van der Waals surface area (Å²) in [6.07, 6.45) is 4.26. The van der Waals surface area contributed by atoms with Gasteiger partial charge in [0.1, 0.15) is 0 Å². The van der Waals surface area contributed by atoms with E-state index >= 15 is 0 Å². The molecule has 1 N–H and O–H groups in total. The number of nitrogens with zero attached hydrogens (tertiary/aromatic N) is 3. The molecule has 4 rings (SSSR count). The van der Waals surface area contributed by atoms with Gasteiger partial charge in [-0.05, 0) is 23.6 Å². The molecular formula is C16H14N4O. The third-order valence-corrected chi connectivity index (χ3v) is 3.98. The number of fused-ring (bicyclic) bond motifs is 2. The van der Waals surface area contributed by atoms with Gasteiger partial charge in [-0.25, -0.2) is 0 Å². The topological polar surface area (TPSA) is 61.9 Å². The summed E-state index contributed by atoms with van der Waals surface area (Å²) >= 11 is 0. The monoisotopic (exact) mass is 278 g/mol. The molecule has 0 radical (unpaired) electrons. The van der Waals surface area contributed by atoms with Crippen LogP contribution in [0.1, 0.15) is 21.6 Å². The maximum Gasteiger partial charge on any atom is 0.275 e. The van der Waals surface area contributed by atoms with Gasteiger partial charge in [0.05, 0.1) is 10.9 Å². The number of H-pyrrole nitrogens is 1. The van der Waals surface area contributed by atoms with E-state index in [-0.39, 0.29) is 5.91 Å². The number of rotatable bonds is 1. The first-order valence-electron chi connectivity index (χ1n) is 6.97. The van der Waals surface area contributed by atoms with Gasteiger partial charge in [0, 0.05) is 25.5 Å². The van der Waals surface area contributed by atoms with Gasteiger partial charge in [0.2, 0.25) is 0 Å². The molecule has 0 fully saturated rings. The van der Waals surface area contributed by atoms with Gasteiger partial charge < -0.3 is 4.90 Å². The van der Waals surface area contributed by atoms with Crippen molar-refractivity contribution in [1.82, 2.24) is 20.1 Å². The molecule has 0 bridgehead atoms. The number of hydrogen-bond acceptors (Lipinski definition) is 3. The van der Waals surface area contributed by atoms with Crippen molar-refractivity contribution in [1.29, 1.82) is 0 Å². The molecule has 3 aromatic rings. The van der Waals surface area contributed by atoms with Crippen molar-refractivity contribution in [2.45, 2.75) is 13.0 Å². The van der Waals surface area contributed by atoms with E-state index < -0.39 is 0 Å². The zero-order valence-electron chi connectivity index (χ0n) is 11.4. The van der Waals surface area contributed by atoms with Crippen molar-refractivity contribution in [3.05, 3.63) is 59.5 Å². The fourth-order valence-electron chi connectivity index (χ4n) is 2.84. The lowest BCUT2D eigenvalue weighted by Gasteiger charge is -2.28. The molecule has 1 amide bonds. The number of pyridine rings is 1. The van der Waals surface area contributed by atoms with Crippen molar-refractivity contribution in [3.63, 3.8) is 0 Å². The molecule has 5 heteroatoms. The van der Waals surface area contributed by atoms with Crippen LogP contribution < -0.4 is 0 Å². The molecule has 0 aliphatic carbocycles. The van der Waals surface area contributed by atoms with Gasteiger partial charge in [0.25, 0.3) is 5.91 Å². The maximum absolute atomic E-state index is 12.7. The lowest BCUT2D eigenvalue weighted by molar-refractivity contribution is 0.0730. The molecule has 1 aromatic carbocycles. The largest absolute Gasteiger partial charge is 0.333 e. The van der Waals surface area contributed by atoms with E-state index in [1.165, 1.54) is 11.1 Å². The van der Waals surface area contributed by atoms with E-state index in [0.717, 1.165) is 23.9 Å². The number of aromatic nitrogens is 3. The Kier molecular flexibility index (Phi) is 2.70. The lowest BCUT2D eigenvalue weighted by Crippen LogP contribution is -2.36. The van der Waals surface area contributed by atoms with Crippen LogP contribution in [0.25, 0.3) is 10.9 Å². The van der Waals surface area contributed by atoms with Crippen LogP contribution in [0.5, 0.6) is 0 Å². The predicted molar refractivity (Wildman–Crippen MR) is 78.8 cm³/mol. The average Bonchev–Trinajstić information content (AvgIpc) is 2.98. The third-order valence-electron chi connectivity index (χ3n) is 3.98. The van der Waals surface area contributed by atoms with Crippen LogP contribution in [0.3, 0.4) is 0 Å². The molecule has 104 valence electrons. The molecular weight excluding hydrogens is 264 g/mol. The molecule has 2 aromatic heterocycles. The Morgan fingerprint density at radius 3 is 2.95 bits per heavy atom. The summed E-state index contributed by atoms with van der Waals surface area (Å²) in [6.45, 7) is 1.37. The van der Waals surface area contributed by atoms with E-state index in [4.69, 9.17) is 0 Å². The van der Waals surface area contributed by atoms with E-state index in [1.54, 1.807) is 12.4 Å². The molecule has 1 aliphatic rings. The number of aromatic amines is 1. The highest BCUT2D eigenvalue weighted by Crippen LogP contribution is 2.22. The number of carbonyl (C=O) groups excluding carboxylic acids is 1. The fourth-order valence-corrected chi connectivity index (χ4v) is 2.84. The van der Waals surface area contributed by atoms with Crippen molar-refractivity contribution in [2.75, 3.05) is 6.54 Å². The molecule has 3 heterocycles. The quantitative estimate of drug-likeness (QED) is 0.742. The van der Waals surface area contributed by atoms with Crippen LogP contribution in [-0.4, -0.2) is 32.5 Å². The highest BCUT2D eigenvalue weighted by Gasteiger charge is 2.24. The first-order chi connectivity index (χ1) is 10.3. The van der Waals surface area contributed by atoms with Crippen LogP contribution in [0.15, 0.2) is 42.7 Å². The molecule has 0 spiro atoms. The van der Waals surface area contributed by atoms with Crippen LogP contribution in [0.2, 0.25) is 0 Å². The van der Waals surface area contributed by atoms with Crippen molar-refractivity contribution in [2.24, 2.45) is 0 Å². The fraction of sp³-hybridized carbons (Fsp3) is 0.188. The van der Waals surface area contributed by atoms with Gasteiger partial charge >= 0.3 is 0 Å². The van der Waals surface area contributed by atoms with E-state index in [2.05, 4.69) is 27.3 Å². The maximum atomic E-state index is 12.7. The minimum absolute atomic E-state index is 0.0382. The summed E-state index contributed by atoms with van der Waals surface area (Å²) in [5, 5.41) is 7.84. The summed E-state index contributed by atoms with van der Waals surface area (Å²) in [7, 11) is 0. The second-order valence-electron chi connectivity index (χ2n) is 5.24. The Morgan fingerprint density at radius 2 is 2.05 bits per heavy atom. The Hall–Kier alpha value is -2.69. The number of nitrogens with one attached hydrogen (secondary N) is 1. The second-order valence-corrected chi connectivity index (χ2v) is 5.24. The lowest BCUT2D eigenvalue weighted by atomic mass is 9.99. The standard InChI is InChI=1S/C16H14N4O/c21-16(15-13-9-17-7-5-14(13)18-19-15)20-8-6-11-3-1-2-4-12(11)10-20/h1-5,7,9H,6,8,10H2,(H,18,19). The van der Waals surface area contributed by atoms with Gasteiger partial charge in [-0.3, -0.25) is 14.9 Å². The Morgan fingerprint density at radius 1 is 1.19 bits per heavy atom. The minimum atomic E-state index is -0.0382. The SMILES string of the molecule is O=C(c1n[nH]c2ccncc12)N1CCc2ccccc2C1. The predicted octanol–water partition coefficient (Wildman–Crippen LogP) is 2.16. The van der Waals surface area contributed by atoms with Gasteiger partial charge in [-0.2, -0.15) is 5.10 Å². The molecule has 5 nitrogen and oxygen atoms in total. The molecule has 21 heavy (non-hydrogen) atoms. The van der Waals surface area contributed by atoms with E-state index in [0.29, 0.717) is 12.2 Å². The summed E-state index contributed by atoms with van der Waals surface area (Å²) in [5.41, 5.74) is 3.84.